The first-order chi connectivity index (χ1) is 7.18. The lowest BCUT2D eigenvalue weighted by molar-refractivity contribution is 0.617. The van der Waals surface area contributed by atoms with Crippen molar-refractivity contribution < 1.29 is 0 Å². The van der Waals surface area contributed by atoms with Crippen molar-refractivity contribution in [2.75, 3.05) is 14.1 Å². The van der Waals surface area contributed by atoms with Gasteiger partial charge in [-0.25, -0.2) is 4.98 Å². The molecule has 0 amide bonds. The summed E-state index contributed by atoms with van der Waals surface area (Å²) in [7, 11) is 3.69. The smallest absolute Gasteiger partial charge is 0.146 e. The standard InChI is InChI=1S/C12H13N3/c1-15(2)12(13)11-8-7-9-5-3-4-6-10(9)14-11/h3-8,13H,1-2H3. The van der Waals surface area contributed by atoms with E-state index in [0.717, 1.165) is 10.9 Å². The molecule has 0 radical (unpaired) electrons. The number of aromatic nitrogens is 1. The summed E-state index contributed by atoms with van der Waals surface area (Å²) in [4.78, 5) is 6.18. The molecule has 0 atom stereocenters. The molecule has 1 aromatic heterocycles. The fourth-order valence-corrected chi connectivity index (χ4v) is 1.43. The highest BCUT2D eigenvalue weighted by Gasteiger charge is 2.05. The molecule has 1 heterocycles. The number of amidine groups is 1. The fourth-order valence-electron chi connectivity index (χ4n) is 1.43. The maximum absolute atomic E-state index is 7.82. The highest BCUT2D eigenvalue weighted by Crippen LogP contribution is 2.12. The molecule has 0 spiro atoms. The summed E-state index contributed by atoms with van der Waals surface area (Å²) in [6, 6.07) is 11.8. The lowest BCUT2D eigenvalue weighted by Gasteiger charge is -2.12. The third-order valence-corrected chi connectivity index (χ3v) is 2.29. The first kappa shape index (κ1) is 9.65. The van der Waals surface area contributed by atoms with E-state index in [1.807, 2.05) is 50.5 Å². The molecule has 0 bridgehead atoms. The second kappa shape index (κ2) is 3.69. The topological polar surface area (TPSA) is 40.0 Å². The summed E-state index contributed by atoms with van der Waals surface area (Å²) in [5, 5.41) is 8.93. The third-order valence-electron chi connectivity index (χ3n) is 2.29. The highest BCUT2D eigenvalue weighted by molar-refractivity contribution is 5.96. The van der Waals surface area contributed by atoms with Crippen LogP contribution in [0.25, 0.3) is 10.9 Å². The molecule has 2 aromatic rings. The molecule has 2 rings (SSSR count). The zero-order chi connectivity index (χ0) is 10.8. The Hall–Kier alpha value is -1.90. The molecular formula is C12H13N3. The lowest BCUT2D eigenvalue weighted by atomic mass is 10.2. The van der Waals surface area contributed by atoms with Crippen LogP contribution in [0.3, 0.4) is 0 Å². The normalized spacial score (nSPS) is 10.3. The van der Waals surface area contributed by atoms with Crippen LogP contribution in [0, 0.1) is 5.41 Å². The summed E-state index contributed by atoms with van der Waals surface area (Å²) in [5.41, 5.74) is 1.64. The zero-order valence-corrected chi connectivity index (χ0v) is 8.86. The van der Waals surface area contributed by atoms with E-state index in [4.69, 9.17) is 5.41 Å². The number of benzene rings is 1. The minimum Gasteiger partial charge on any atom is -0.361 e. The van der Waals surface area contributed by atoms with Gasteiger partial charge in [0.15, 0.2) is 0 Å². The molecule has 0 aliphatic heterocycles. The van der Waals surface area contributed by atoms with Crippen LogP contribution in [-0.2, 0) is 0 Å². The van der Waals surface area contributed by atoms with E-state index in [9.17, 15) is 0 Å². The van der Waals surface area contributed by atoms with Crippen LogP contribution in [0.5, 0.6) is 0 Å². The Morgan fingerprint density at radius 3 is 2.60 bits per heavy atom. The Kier molecular flexibility index (Phi) is 2.37. The van der Waals surface area contributed by atoms with Crippen LogP contribution >= 0.6 is 0 Å². The maximum atomic E-state index is 7.82. The van der Waals surface area contributed by atoms with Crippen LogP contribution in [-0.4, -0.2) is 29.8 Å². The van der Waals surface area contributed by atoms with Gasteiger partial charge in [0.05, 0.1) is 5.52 Å². The van der Waals surface area contributed by atoms with Crippen molar-refractivity contribution in [1.82, 2.24) is 9.88 Å². The Balaban J connectivity index is 2.52. The van der Waals surface area contributed by atoms with Crippen molar-refractivity contribution in [2.24, 2.45) is 0 Å². The average Bonchev–Trinajstić information content (AvgIpc) is 2.27. The van der Waals surface area contributed by atoms with Gasteiger partial charge >= 0.3 is 0 Å². The van der Waals surface area contributed by atoms with E-state index >= 15 is 0 Å². The maximum Gasteiger partial charge on any atom is 0.146 e. The second-order valence-electron chi connectivity index (χ2n) is 3.63. The summed E-state index contributed by atoms with van der Waals surface area (Å²) in [5.74, 6) is 0.431. The van der Waals surface area contributed by atoms with Gasteiger partial charge in [0, 0.05) is 19.5 Å². The largest absolute Gasteiger partial charge is 0.361 e. The van der Waals surface area contributed by atoms with Crippen molar-refractivity contribution in [1.29, 1.82) is 5.41 Å². The van der Waals surface area contributed by atoms with Gasteiger partial charge in [-0.15, -0.1) is 0 Å². The first-order valence-electron chi connectivity index (χ1n) is 4.80. The molecule has 0 unspecified atom stereocenters. The molecule has 0 aliphatic rings. The van der Waals surface area contributed by atoms with Crippen molar-refractivity contribution in [3.8, 4) is 0 Å². The minimum atomic E-state index is 0.431. The minimum absolute atomic E-state index is 0.431. The van der Waals surface area contributed by atoms with Crippen LogP contribution < -0.4 is 0 Å². The number of para-hydroxylation sites is 1. The van der Waals surface area contributed by atoms with E-state index in [2.05, 4.69) is 4.98 Å². The van der Waals surface area contributed by atoms with Crippen molar-refractivity contribution in [2.45, 2.75) is 0 Å². The summed E-state index contributed by atoms with van der Waals surface area (Å²) in [6.45, 7) is 0. The predicted molar refractivity (Wildman–Crippen MR) is 62.3 cm³/mol. The number of nitrogens with zero attached hydrogens (tertiary/aromatic N) is 2. The number of nitrogens with one attached hydrogen (secondary N) is 1. The molecule has 0 fully saturated rings. The monoisotopic (exact) mass is 199 g/mol. The van der Waals surface area contributed by atoms with Crippen LogP contribution in [0.4, 0.5) is 0 Å². The van der Waals surface area contributed by atoms with Crippen LogP contribution in [0.1, 0.15) is 5.69 Å². The second-order valence-corrected chi connectivity index (χ2v) is 3.63. The van der Waals surface area contributed by atoms with E-state index in [-0.39, 0.29) is 0 Å². The number of rotatable bonds is 1. The van der Waals surface area contributed by atoms with Crippen LogP contribution in [0.15, 0.2) is 36.4 Å². The van der Waals surface area contributed by atoms with Gasteiger partial charge in [-0.2, -0.15) is 0 Å². The molecule has 3 nitrogen and oxygen atoms in total. The van der Waals surface area contributed by atoms with Crippen molar-refractivity contribution >= 4 is 16.7 Å². The first-order valence-corrected chi connectivity index (χ1v) is 4.80. The lowest BCUT2D eigenvalue weighted by Crippen LogP contribution is -2.22. The van der Waals surface area contributed by atoms with E-state index in [0.29, 0.717) is 11.5 Å². The van der Waals surface area contributed by atoms with Crippen LogP contribution in [0.2, 0.25) is 0 Å². The predicted octanol–water partition coefficient (Wildman–Crippen LogP) is 2.12. The molecule has 76 valence electrons. The average molecular weight is 199 g/mol. The molecular weight excluding hydrogens is 186 g/mol. The summed E-state index contributed by atoms with van der Waals surface area (Å²) < 4.78 is 0. The molecule has 0 saturated heterocycles. The SMILES string of the molecule is CN(C)C(=N)c1ccc2ccccc2n1. The number of hydrogen-bond donors (Lipinski definition) is 1. The zero-order valence-electron chi connectivity index (χ0n) is 8.86. The Labute approximate surface area is 88.9 Å². The summed E-state index contributed by atoms with van der Waals surface area (Å²) >= 11 is 0. The Bertz CT molecular complexity index is 503. The van der Waals surface area contributed by atoms with E-state index in [1.165, 1.54) is 0 Å². The molecule has 1 aromatic carbocycles. The number of pyridine rings is 1. The molecule has 1 N–H and O–H groups in total. The number of hydrogen-bond acceptors (Lipinski definition) is 2. The van der Waals surface area contributed by atoms with Gasteiger partial charge in [-0.3, -0.25) is 5.41 Å². The summed E-state index contributed by atoms with van der Waals surface area (Å²) in [6.07, 6.45) is 0. The van der Waals surface area contributed by atoms with Gasteiger partial charge in [0.2, 0.25) is 0 Å². The third kappa shape index (κ3) is 1.81. The van der Waals surface area contributed by atoms with Gasteiger partial charge in [-0.05, 0) is 12.1 Å². The quantitative estimate of drug-likeness (QED) is 0.564. The molecule has 0 saturated carbocycles. The molecule has 15 heavy (non-hydrogen) atoms. The Morgan fingerprint density at radius 2 is 1.87 bits per heavy atom. The fraction of sp³-hybridized carbons (Fsp3) is 0.167. The number of fused-ring (bicyclic) bond motifs is 1. The van der Waals surface area contributed by atoms with E-state index in [1.54, 1.807) is 4.90 Å². The van der Waals surface area contributed by atoms with Gasteiger partial charge < -0.3 is 4.90 Å². The van der Waals surface area contributed by atoms with Gasteiger partial charge in [-0.1, -0.05) is 24.3 Å². The van der Waals surface area contributed by atoms with E-state index < -0.39 is 0 Å². The van der Waals surface area contributed by atoms with Crippen molar-refractivity contribution in [3.05, 3.63) is 42.1 Å². The molecule has 3 heteroatoms. The highest BCUT2D eigenvalue weighted by atomic mass is 15.1. The van der Waals surface area contributed by atoms with Gasteiger partial charge in [0.1, 0.15) is 11.5 Å². The molecule has 0 aliphatic carbocycles. The van der Waals surface area contributed by atoms with Crippen molar-refractivity contribution in [3.63, 3.8) is 0 Å². The van der Waals surface area contributed by atoms with Gasteiger partial charge in [0.25, 0.3) is 0 Å². The Morgan fingerprint density at radius 1 is 1.13 bits per heavy atom.